The minimum Gasteiger partial charge on any atom is -0.385 e. The molecule has 1 aromatic rings. The van der Waals surface area contributed by atoms with Crippen molar-refractivity contribution < 1.29 is 17.9 Å². The molecule has 1 heterocycles. The summed E-state index contributed by atoms with van der Waals surface area (Å²) in [5, 5.41) is 0. The number of fused-ring (bicyclic) bond motifs is 1. The number of carbonyl (C=O) groups excluding carboxylic acids is 1. The zero-order valence-electron chi connectivity index (χ0n) is 13.8. The van der Waals surface area contributed by atoms with E-state index in [0.717, 1.165) is 11.3 Å². The van der Waals surface area contributed by atoms with Crippen LogP contribution in [0.4, 0.5) is 5.69 Å². The van der Waals surface area contributed by atoms with Gasteiger partial charge in [-0.25, -0.2) is 13.1 Å². The highest BCUT2D eigenvalue weighted by atomic mass is 32.2. The molecule has 2 rings (SSSR count). The highest BCUT2D eigenvalue weighted by Gasteiger charge is 2.31. The topological polar surface area (TPSA) is 75.7 Å². The van der Waals surface area contributed by atoms with E-state index >= 15 is 0 Å². The highest BCUT2D eigenvalue weighted by molar-refractivity contribution is 7.89. The second-order valence-corrected chi connectivity index (χ2v) is 7.47. The summed E-state index contributed by atoms with van der Waals surface area (Å²) in [6, 6.07) is 5.03. The van der Waals surface area contributed by atoms with Gasteiger partial charge < -0.3 is 9.64 Å². The highest BCUT2D eigenvalue weighted by Crippen LogP contribution is 2.34. The van der Waals surface area contributed by atoms with Crippen molar-refractivity contribution in [2.75, 3.05) is 25.2 Å². The Balaban J connectivity index is 2.19. The maximum atomic E-state index is 12.3. The lowest BCUT2D eigenvalue weighted by Gasteiger charge is -2.22. The van der Waals surface area contributed by atoms with Crippen molar-refractivity contribution in [3.8, 4) is 0 Å². The number of amides is 1. The lowest BCUT2D eigenvalue weighted by molar-refractivity contribution is -0.118. The molecule has 0 fully saturated rings. The number of benzene rings is 1. The van der Waals surface area contributed by atoms with Crippen LogP contribution in [-0.4, -0.2) is 40.6 Å². The molecule has 0 aromatic heterocycles. The summed E-state index contributed by atoms with van der Waals surface area (Å²) in [6.45, 7) is 4.66. The van der Waals surface area contributed by atoms with E-state index in [1.165, 1.54) is 0 Å². The van der Waals surface area contributed by atoms with Crippen molar-refractivity contribution in [1.29, 1.82) is 0 Å². The van der Waals surface area contributed by atoms with E-state index in [1.54, 1.807) is 30.2 Å². The monoisotopic (exact) mass is 340 g/mol. The number of carbonyl (C=O) groups is 1. The Morgan fingerprint density at radius 3 is 2.83 bits per heavy atom. The molecule has 6 nitrogen and oxygen atoms in total. The third-order valence-corrected chi connectivity index (χ3v) is 5.42. The van der Waals surface area contributed by atoms with Crippen LogP contribution >= 0.6 is 0 Å². The van der Waals surface area contributed by atoms with Crippen molar-refractivity contribution >= 4 is 21.6 Å². The van der Waals surface area contributed by atoms with Crippen LogP contribution in [0.15, 0.2) is 23.1 Å². The number of methoxy groups -OCH3 is 1. The van der Waals surface area contributed by atoms with Crippen molar-refractivity contribution in [3.05, 3.63) is 23.8 Å². The van der Waals surface area contributed by atoms with Crippen molar-refractivity contribution in [1.82, 2.24) is 4.72 Å². The number of anilines is 1. The van der Waals surface area contributed by atoms with Gasteiger partial charge in [-0.1, -0.05) is 6.92 Å². The van der Waals surface area contributed by atoms with E-state index in [2.05, 4.69) is 4.72 Å². The Hall–Kier alpha value is -1.44. The smallest absolute Gasteiger partial charge is 0.240 e. The molecule has 1 aromatic carbocycles. The lowest BCUT2D eigenvalue weighted by atomic mass is 10.1. The van der Waals surface area contributed by atoms with Gasteiger partial charge in [0.15, 0.2) is 0 Å². The third kappa shape index (κ3) is 3.91. The van der Waals surface area contributed by atoms with Crippen molar-refractivity contribution in [3.63, 3.8) is 0 Å². The van der Waals surface area contributed by atoms with Gasteiger partial charge in [-0.15, -0.1) is 0 Å². The molecule has 0 aliphatic carbocycles. The Kier molecular flexibility index (Phi) is 5.78. The van der Waals surface area contributed by atoms with Crippen LogP contribution in [0, 0.1) is 0 Å². The Bertz CT molecular complexity index is 673. The minimum absolute atomic E-state index is 0.0598. The summed E-state index contributed by atoms with van der Waals surface area (Å²) >= 11 is 0. The van der Waals surface area contributed by atoms with Crippen LogP contribution < -0.4 is 9.62 Å². The number of nitrogens with zero attached hydrogens (tertiary/aromatic N) is 1. The first-order valence-corrected chi connectivity index (χ1v) is 9.32. The molecule has 1 unspecified atom stereocenters. The van der Waals surface area contributed by atoms with E-state index in [4.69, 9.17) is 4.74 Å². The number of hydrogen-bond donors (Lipinski definition) is 1. The summed E-state index contributed by atoms with van der Waals surface area (Å²) in [6.07, 6.45) is 1.73. The fourth-order valence-electron chi connectivity index (χ4n) is 2.83. The zero-order valence-corrected chi connectivity index (χ0v) is 14.6. The lowest BCUT2D eigenvalue weighted by Crippen LogP contribution is -2.35. The molecule has 0 saturated carbocycles. The molecule has 128 valence electrons. The molecule has 0 bridgehead atoms. The maximum absolute atomic E-state index is 12.3. The van der Waals surface area contributed by atoms with Crippen molar-refractivity contribution in [2.24, 2.45) is 0 Å². The van der Waals surface area contributed by atoms with Crippen LogP contribution in [0.25, 0.3) is 0 Å². The normalized spacial score (nSPS) is 17.3. The van der Waals surface area contributed by atoms with Gasteiger partial charge >= 0.3 is 0 Å². The second kappa shape index (κ2) is 7.42. The van der Waals surface area contributed by atoms with Gasteiger partial charge in [0.25, 0.3) is 0 Å². The molecular formula is C16H24N2O4S. The van der Waals surface area contributed by atoms with Crippen LogP contribution in [0.1, 0.15) is 32.3 Å². The molecule has 0 spiro atoms. The average Bonchev–Trinajstić information content (AvgIpc) is 2.85. The number of ether oxygens (including phenoxy) is 1. The van der Waals surface area contributed by atoms with E-state index < -0.39 is 10.0 Å². The Morgan fingerprint density at radius 2 is 2.17 bits per heavy atom. The number of hydrogen-bond acceptors (Lipinski definition) is 4. The molecule has 7 heteroatoms. The van der Waals surface area contributed by atoms with Crippen molar-refractivity contribution in [2.45, 2.75) is 44.0 Å². The molecule has 0 radical (unpaired) electrons. The van der Waals surface area contributed by atoms with Crippen LogP contribution in [0.2, 0.25) is 0 Å². The maximum Gasteiger partial charge on any atom is 0.240 e. The first-order valence-electron chi connectivity index (χ1n) is 7.84. The SMILES string of the molecule is CCC(=O)N1c2ccc(S(=O)(=O)NCCCOC)cc2CC1C. The predicted molar refractivity (Wildman–Crippen MR) is 89.1 cm³/mol. The molecule has 1 atom stereocenters. The molecule has 0 saturated heterocycles. The van der Waals surface area contributed by atoms with E-state index in [1.807, 2.05) is 13.8 Å². The fraction of sp³-hybridized carbons (Fsp3) is 0.562. The van der Waals surface area contributed by atoms with E-state index in [0.29, 0.717) is 32.4 Å². The summed E-state index contributed by atoms with van der Waals surface area (Å²) in [5.74, 6) is 0.0598. The van der Waals surface area contributed by atoms with Gasteiger partial charge in [0, 0.05) is 38.4 Å². The fourth-order valence-corrected chi connectivity index (χ4v) is 3.96. The molecule has 1 aliphatic heterocycles. The Morgan fingerprint density at radius 1 is 1.43 bits per heavy atom. The number of nitrogens with one attached hydrogen (secondary N) is 1. The predicted octanol–water partition coefficient (Wildman–Crippen LogP) is 1.69. The van der Waals surface area contributed by atoms with Gasteiger partial charge in [0.2, 0.25) is 15.9 Å². The molecule has 23 heavy (non-hydrogen) atoms. The third-order valence-electron chi connectivity index (χ3n) is 3.97. The average molecular weight is 340 g/mol. The van der Waals surface area contributed by atoms with Crippen LogP contribution in [-0.2, 0) is 26.0 Å². The van der Waals surface area contributed by atoms with Gasteiger partial charge in [-0.05, 0) is 43.5 Å². The van der Waals surface area contributed by atoms with E-state index in [-0.39, 0.29) is 16.8 Å². The zero-order chi connectivity index (χ0) is 17.0. The molecule has 1 N–H and O–H groups in total. The summed E-state index contributed by atoms with van der Waals surface area (Å²) in [7, 11) is -1.95. The first kappa shape index (κ1) is 17.9. The quantitative estimate of drug-likeness (QED) is 0.767. The van der Waals surface area contributed by atoms with E-state index in [9.17, 15) is 13.2 Å². The van der Waals surface area contributed by atoms with Crippen LogP contribution in [0.3, 0.4) is 0 Å². The molecular weight excluding hydrogens is 316 g/mol. The van der Waals surface area contributed by atoms with Gasteiger partial charge in [-0.3, -0.25) is 4.79 Å². The molecule has 1 amide bonds. The largest absolute Gasteiger partial charge is 0.385 e. The standard InChI is InChI=1S/C16H24N2O4S/c1-4-16(19)18-12(2)10-13-11-14(6-7-15(13)18)23(20,21)17-8-5-9-22-3/h6-7,11-12,17H,4-5,8-10H2,1-3H3. The number of sulfonamides is 1. The summed E-state index contributed by atoms with van der Waals surface area (Å²) in [4.78, 5) is 14.1. The van der Waals surface area contributed by atoms with Gasteiger partial charge in [-0.2, -0.15) is 0 Å². The molecule has 1 aliphatic rings. The van der Waals surface area contributed by atoms with Crippen LogP contribution in [0.5, 0.6) is 0 Å². The summed E-state index contributed by atoms with van der Waals surface area (Å²) < 4.78 is 32.1. The summed E-state index contributed by atoms with van der Waals surface area (Å²) in [5.41, 5.74) is 1.72. The Labute approximate surface area is 137 Å². The first-order chi connectivity index (χ1) is 10.9. The second-order valence-electron chi connectivity index (χ2n) is 5.71. The van der Waals surface area contributed by atoms with Gasteiger partial charge in [0.1, 0.15) is 0 Å². The minimum atomic E-state index is -3.53. The van der Waals surface area contributed by atoms with Gasteiger partial charge in [0.05, 0.1) is 4.90 Å². The number of rotatable bonds is 7.